The zero-order valence-corrected chi connectivity index (χ0v) is 13.6. The summed E-state index contributed by atoms with van der Waals surface area (Å²) >= 11 is 0. The summed E-state index contributed by atoms with van der Waals surface area (Å²) in [5.41, 5.74) is 3.08. The Balaban J connectivity index is 1.72. The van der Waals surface area contributed by atoms with E-state index in [9.17, 15) is 4.79 Å². The van der Waals surface area contributed by atoms with Crippen LogP contribution in [0.15, 0.2) is 0 Å². The molecule has 1 aromatic heterocycles. The average Bonchev–Trinajstić information content (AvgIpc) is 2.81. The number of carbonyl (C=O) groups excluding carboxylic acids is 1. The van der Waals surface area contributed by atoms with Gasteiger partial charge in [0.2, 0.25) is 5.91 Å². The maximum absolute atomic E-state index is 12.8. The summed E-state index contributed by atoms with van der Waals surface area (Å²) in [6.45, 7) is 8.51. The Morgan fingerprint density at radius 1 is 1.45 bits per heavy atom. The van der Waals surface area contributed by atoms with E-state index >= 15 is 0 Å². The van der Waals surface area contributed by atoms with Gasteiger partial charge in [-0.05, 0) is 33.6 Å². The molecule has 3 rings (SSSR count). The fourth-order valence-corrected chi connectivity index (χ4v) is 3.53. The summed E-state index contributed by atoms with van der Waals surface area (Å²) in [4.78, 5) is 14.8. The van der Waals surface area contributed by atoms with E-state index in [-0.39, 0.29) is 24.0 Å². The van der Waals surface area contributed by atoms with E-state index in [1.807, 2.05) is 25.7 Å². The molecule has 0 bridgehead atoms. The molecule has 1 atom stereocenters. The van der Waals surface area contributed by atoms with Crippen molar-refractivity contribution in [2.75, 3.05) is 26.4 Å². The summed E-state index contributed by atoms with van der Waals surface area (Å²) < 4.78 is 11.2. The molecule has 6 heteroatoms. The molecule has 1 saturated carbocycles. The van der Waals surface area contributed by atoms with E-state index < -0.39 is 0 Å². The van der Waals surface area contributed by atoms with E-state index in [1.165, 1.54) is 0 Å². The maximum atomic E-state index is 12.8. The highest BCUT2D eigenvalue weighted by molar-refractivity contribution is 5.80. The van der Waals surface area contributed by atoms with Crippen LogP contribution in [0.1, 0.15) is 42.8 Å². The Hall–Kier alpha value is -1.40. The van der Waals surface area contributed by atoms with Gasteiger partial charge in [0.1, 0.15) is 0 Å². The van der Waals surface area contributed by atoms with E-state index in [4.69, 9.17) is 9.47 Å². The van der Waals surface area contributed by atoms with Gasteiger partial charge in [-0.25, -0.2) is 0 Å². The zero-order valence-electron chi connectivity index (χ0n) is 13.6. The van der Waals surface area contributed by atoms with Crippen molar-refractivity contribution in [1.82, 2.24) is 15.1 Å². The van der Waals surface area contributed by atoms with Crippen molar-refractivity contribution in [3.8, 4) is 0 Å². The first-order valence-electron chi connectivity index (χ1n) is 8.13. The van der Waals surface area contributed by atoms with Crippen molar-refractivity contribution in [1.29, 1.82) is 0 Å². The molecule has 1 unspecified atom stereocenters. The monoisotopic (exact) mass is 307 g/mol. The van der Waals surface area contributed by atoms with Crippen molar-refractivity contribution in [2.45, 2.75) is 45.8 Å². The number of amides is 1. The fraction of sp³-hybridized carbons (Fsp3) is 0.750. The van der Waals surface area contributed by atoms with Crippen molar-refractivity contribution in [3.05, 3.63) is 17.0 Å². The molecular weight excluding hydrogens is 282 g/mol. The van der Waals surface area contributed by atoms with Crippen LogP contribution >= 0.6 is 0 Å². The van der Waals surface area contributed by atoms with Gasteiger partial charge >= 0.3 is 0 Å². The lowest BCUT2D eigenvalue weighted by Crippen LogP contribution is -2.50. The third kappa shape index (κ3) is 2.77. The molecule has 2 fully saturated rings. The number of carbonyl (C=O) groups is 1. The largest absolute Gasteiger partial charge is 0.378 e. The summed E-state index contributed by atoms with van der Waals surface area (Å²) in [5.74, 6) is 0.342. The van der Waals surface area contributed by atoms with Gasteiger partial charge in [-0.1, -0.05) is 0 Å². The average molecular weight is 307 g/mol. The number of aromatic nitrogens is 2. The van der Waals surface area contributed by atoms with Crippen LogP contribution in [0.4, 0.5) is 0 Å². The number of hydrogen-bond donors (Lipinski definition) is 1. The molecule has 122 valence electrons. The van der Waals surface area contributed by atoms with Crippen molar-refractivity contribution in [2.24, 2.45) is 5.92 Å². The van der Waals surface area contributed by atoms with Crippen molar-refractivity contribution >= 4 is 5.91 Å². The highest BCUT2D eigenvalue weighted by Crippen LogP contribution is 2.36. The number of morpholine rings is 1. The number of nitrogens with zero attached hydrogens (tertiary/aromatic N) is 2. The lowest BCUT2D eigenvalue weighted by atomic mass is 9.80. The van der Waals surface area contributed by atoms with Gasteiger partial charge < -0.3 is 14.4 Å². The molecule has 2 heterocycles. The van der Waals surface area contributed by atoms with Crippen LogP contribution in [0.2, 0.25) is 0 Å². The second kappa shape index (κ2) is 6.38. The Morgan fingerprint density at radius 2 is 2.23 bits per heavy atom. The van der Waals surface area contributed by atoms with Crippen LogP contribution in [0.25, 0.3) is 0 Å². The third-order valence-electron chi connectivity index (χ3n) is 4.78. The predicted molar refractivity (Wildman–Crippen MR) is 81.5 cm³/mol. The van der Waals surface area contributed by atoms with Crippen LogP contribution < -0.4 is 0 Å². The molecule has 22 heavy (non-hydrogen) atoms. The molecule has 0 aromatic carbocycles. The molecule has 2 aliphatic rings. The first-order valence-corrected chi connectivity index (χ1v) is 8.13. The Morgan fingerprint density at radius 3 is 2.86 bits per heavy atom. The fourth-order valence-electron chi connectivity index (χ4n) is 3.53. The minimum Gasteiger partial charge on any atom is -0.378 e. The Kier molecular flexibility index (Phi) is 4.49. The number of rotatable bonds is 4. The van der Waals surface area contributed by atoms with Crippen LogP contribution in [0, 0.1) is 19.8 Å². The van der Waals surface area contributed by atoms with Crippen LogP contribution in [0.3, 0.4) is 0 Å². The van der Waals surface area contributed by atoms with Gasteiger partial charge in [0.15, 0.2) is 0 Å². The molecule has 1 aliphatic heterocycles. The van der Waals surface area contributed by atoms with Crippen molar-refractivity contribution < 1.29 is 14.3 Å². The SMILES string of the molecule is CCOC1CC(C(=O)N2CCOCC2c2c(C)n[nH]c2C)C1. The van der Waals surface area contributed by atoms with Crippen LogP contribution in [-0.2, 0) is 14.3 Å². The maximum Gasteiger partial charge on any atom is 0.226 e. The molecular formula is C16H25N3O3. The summed E-state index contributed by atoms with van der Waals surface area (Å²) in [6, 6.07) is -0.0221. The Bertz CT molecular complexity index is 517. The number of hydrogen-bond acceptors (Lipinski definition) is 4. The summed E-state index contributed by atoms with van der Waals surface area (Å²) in [7, 11) is 0. The highest BCUT2D eigenvalue weighted by atomic mass is 16.5. The lowest BCUT2D eigenvalue weighted by Gasteiger charge is -2.42. The minimum absolute atomic E-state index is 0.0221. The van der Waals surface area contributed by atoms with Gasteiger partial charge in [0.25, 0.3) is 0 Å². The van der Waals surface area contributed by atoms with E-state index in [0.717, 1.165) is 36.4 Å². The normalized spacial score (nSPS) is 28.5. The molecule has 1 N–H and O–H groups in total. The summed E-state index contributed by atoms with van der Waals surface area (Å²) in [5, 5.41) is 7.27. The number of aryl methyl sites for hydroxylation is 2. The second-order valence-corrected chi connectivity index (χ2v) is 6.22. The van der Waals surface area contributed by atoms with Gasteiger partial charge in [0, 0.05) is 30.3 Å². The molecule has 1 amide bonds. The van der Waals surface area contributed by atoms with Gasteiger partial charge in [0.05, 0.1) is 31.1 Å². The van der Waals surface area contributed by atoms with E-state index in [2.05, 4.69) is 10.2 Å². The first-order chi connectivity index (χ1) is 10.6. The zero-order chi connectivity index (χ0) is 15.7. The van der Waals surface area contributed by atoms with E-state index in [1.54, 1.807) is 0 Å². The summed E-state index contributed by atoms with van der Waals surface area (Å²) in [6.07, 6.45) is 1.95. The molecule has 0 radical (unpaired) electrons. The smallest absolute Gasteiger partial charge is 0.226 e. The molecule has 0 spiro atoms. The number of aromatic amines is 1. The Labute approximate surface area is 131 Å². The third-order valence-corrected chi connectivity index (χ3v) is 4.78. The molecule has 6 nitrogen and oxygen atoms in total. The number of nitrogens with one attached hydrogen (secondary N) is 1. The van der Waals surface area contributed by atoms with Crippen LogP contribution in [0.5, 0.6) is 0 Å². The minimum atomic E-state index is -0.0221. The highest BCUT2D eigenvalue weighted by Gasteiger charge is 2.41. The number of H-pyrrole nitrogens is 1. The molecule has 1 aliphatic carbocycles. The standard InChI is InChI=1S/C16H25N3O3/c1-4-22-13-7-12(8-13)16(20)19-5-6-21-9-14(19)15-10(2)17-18-11(15)3/h12-14H,4-9H2,1-3H3,(H,17,18). The number of ether oxygens (including phenoxy) is 2. The molecule has 1 aromatic rings. The lowest BCUT2D eigenvalue weighted by molar-refractivity contribution is -0.153. The van der Waals surface area contributed by atoms with Crippen molar-refractivity contribution in [3.63, 3.8) is 0 Å². The quantitative estimate of drug-likeness (QED) is 0.920. The van der Waals surface area contributed by atoms with Gasteiger partial charge in [-0.3, -0.25) is 9.89 Å². The van der Waals surface area contributed by atoms with Gasteiger partial charge in [-0.15, -0.1) is 0 Å². The van der Waals surface area contributed by atoms with E-state index in [0.29, 0.717) is 19.8 Å². The van der Waals surface area contributed by atoms with Gasteiger partial charge in [-0.2, -0.15) is 5.10 Å². The second-order valence-electron chi connectivity index (χ2n) is 6.22. The predicted octanol–water partition coefficient (Wildman–Crippen LogP) is 1.74. The first kappa shape index (κ1) is 15.5. The van der Waals surface area contributed by atoms with Crippen LogP contribution in [-0.4, -0.2) is 53.5 Å². The molecule has 1 saturated heterocycles. The topological polar surface area (TPSA) is 67.4 Å².